The van der Waals surface area contributed by atoms with Crippen molar-refractivity contribution in [3.8, 4) is 5.69 Å². The molecule has 0 fully saturated rings. The van der Waals surface area contributed by atoms with Crippen molar-refractivity contribution in [3.63, 3.8) is 0 Å². The van der Waals surface area contributed by atoms with Crippen LogP contribution in [-0.2, 0) is 24.2 Å². The molecule has 2 aromatic heterocycles. The molecule has 29 heavy (non-hydrogen) atoms. The normalized spacial score (nSPS) is 13.6. The number of para-hydroxylation sites is 1. The Bertz CT molecular complexity index is 1030. The maximum atomic E-state index is 14.1. The van der Waals surface area contributed by atoms with E-state index < -0.39 is 0 Å². The van der Waals surface area contributed by atoms with Crippen LogP contribution in [0.2, 0.25) is 0 Å². The number of anilines is 1. The maximum absolute atomic E-state index is 14.1. The molecule has 10 heteroatoms. The molecular formula is C19H22FN7O2. The fraction of sp³-hybridized carbons (Fsp3) is 0.368. The van der Waals surface area contributed by atoms with Gasteiger partial charge in [-0.2, -0.15) is 5.10 Å². The van der Waals surface area contributed by atoms with Crippen molar-refractivity contribution in [2.45, 2.75) is 26.4 Å². The van der Waals surface area contributed by atoms with Crippen LogP contribution in [0.3, 0.4) is 0 Å². The molecule has 0 saturated heterocycles. The third-order valence-corrected chi connectivity index (χ3v) is 4.89. The molecule has 1 aliphatic heterocycles. The largest absolute Gasteiger partial charge is 0.379 e. The van der Waals surface area contributed by atoms with Crippen LogP contribution in [0.1, 0.15) is 17.3 Å². The number of aromatic nitrogens is 5. The lowest BCUT2D eigenvalue weighted by molar-refractivity contribution is 0.139. The van der Waals surface area contributed by atoms with E-state index in [2.05, 4.69) is 20.6 Å². The Morgan fingerprint density at radius 2 is 2.14 bits per heavy atom. The molecule has 3 aromatic rings. The van der Waals surface area contributed by atoms with Crippen LogP contribution in [0.4, 0.5) is 14.9 Å². The molecule has 0 aliphatic carbocycles. The summed E-state index contributed by atoms with van der Waals surface area (Å²) in [4.78, 5) is 14.2. The van der Waals surface area contributed by atoms with Gasteiger partial charge in [0.25, 0.3) is 0 Å². The monoisotopic (exact) mass is 399 g/mol. The van der Waals surface area contributed by atoms with Crippen molar-refractivity contribution in [1.82, 2.24) is 29.4 Å². The summed E-state index contributed by atoms with van der Waals surface area (Å²) in [6.07, 6.45) is 2.21. The van der Waals surface area contributed by atoms with Crippen LogP contribution in [-0.4, -0.2) is 55.7 Å². The minimum absolute atomic E-state index is 0.305. The smallest absolute Gasteiger partial charge is 0.322 e. The van der Waals surface area contributed by atoms with Gasteiger partial charge in [0.05, 0.1) is 37.3 Å². The minimum Gasteiger partial charge on any atom is -0.379 e. The van der Waals surface area contributed by atoms with Crippen LogP contribution in [0.5, 0.6) is 0 Å². The number of urea groups is 1. The van der Waals surface area contributed by atoms with Crippen molar-refractivity contribution >= 4 is 11.7 Å². The quantitative estimate of drug-likeness (QED) is 0.726. The number of amides is 2. The van der Waals surface area contributed by atoms with Gasteiger partial charge in [0.15, 0.2) is 5.82 Å². The van der Waals surface area contributed by atoms with Crippen molar-refractivity contribution in [3.05, 3.63) is 53.6 Å². The summed E-state index contributed by atoms with van der Waals surface area (Å²) in [6, 6.07) is 6.04. The highest BCUT2D eigenvalue weighted by molar-refractivity contribution is 5.89. The first-order chi connectivity index (χ1) is 14.0. The van der Waals surface area contributed by atoms with Gasteiger partial charge in [-0.3, -0.25) is 0 Å². The average Bonchev–Trinajstić information content (AvgIpc) is 3.16. The second kappa shape index (κ2) is 8.00. The van der Waals surface area contributed by atoms with E-state index in [1.165, 1.54) is 21.8 Å². The molecule has 9 nitrogen and oxygen atoms in total. The lowest BCUT2D eigenvalue weighted by Crippen LogP contribution is -2.32. The molecule has 152 valence electrons. The van der Waals surface area contributed by atoms with E-state index >= 15 is 0 Å². The standard InChI is InChI=1S/C19H22FN7O2/c1-13-15(11-21-27(13)16-6-4-3-5-14(16)20)22-19(28)25(2)12-18-24-23-17-7-9-29-10-8-26(17)18/h3-6,11H,7-10,12H2,1-2H3,(H,22,28). The van der Waals surface area contributed by atoms with Gasteiger partial charge >= 0.3 is 6.03 Å². The van der Waals surface area contributed by atoms with Gasteiger partial charge in [0, 0.05) is 20.0 Å². The zero-order valence-corrected chi connectivity index (χ0v) is 16.3. The molecule has 1 aromatic carbocycles. The van der Waals surface area contributed by atoms with E-state index in [9.17, 15) is 9.18 Å². The zero-order chi connectivity index (χ0) is 20.4. The highest BCUT2D eigenvalue weighted by Crippen LogP contribution is 2.21. The van der Waals surface area contributed by atoms with Crippen LogP contribution in [0, 0.1) is 12.7 Å². The van der Waals surface area contributed by atoms with Crippen LogP contribution >= 0.6 is 0 Å². The molecule has 0 saturated carbocycles. The predicted octanol–water partition coefficient (Wildman–Crippen LogP) is 2.15. The van der Waals surface area contributed by atoms with Gasteiger partial charge in [-0.05, 0) is 19.1 Å². The molecule has 4 rings (SSSR count). The third kappa shape index (κ3) is 3.83. The van der Waals surface area contributed by atoms with E-state index in [1.807, 2.05) is 4.57 Å². The number of hydrogen-bond acceptors (Lipinski definition) is 5. The highest BCUT2D eigenvalue weighted by Gasteiger charge is 2.20. The number of fused-ring (bicyclic) bond motifs is 1. The number of ether oxygens (including phenoxy) is 1. The molecule has 1 aliphatic rings. The van der Waals surface area contributed by atoms with E-state index in [0.29, 0.717) is 55.6 Å². The summed E-state index contributed by atoms with van der Waals surface area (Å²) in [5.41, 5.74) is 1.47. The van der Waals surface area contributed by atoms with Crippen molar-refractivity contribution in [1.29, 1.82) is 0 Å². The number of carbonyl (C=O) groups is 1. The number of nitrogens with zero attached hydrogens (tertiary/aromatic N) is 6. The number of benzene rings is 1. The summed E-state index contributed by atoms with van der Waals surface area (Å²) >= 11 is 0. The molecule has 0 atom stereocenters. The summed E-state index contributed by atoms with van der Waals surface area (Å²) in [5, 5.41) is 15.4. The van der Waals surface area contributed by atoms with E-state index in [4.69, 9.17) is 4.74 Å². The summed E-state index contributed by atoms with van der Waals surface area (Å²) in [6.45, 7) is 3.97. The predicted molar refractivity (Wildman–Crippen MR) is 103 cm³/mol. The van der Waals surface area contributed by atoms with E-state index in [1.54, 1.807) is 32.2 Å². The maximum Gasteiger partial charge on any atom is 0.322 e. The minimum atomic E-state index is -0.384. The Balaban J connectivity index is 1.46. The Hall–Kier alpha value is -3.27. The number of nitrogens with one attached hydrogen (secondary N) is 1. The average molecular weight is 399 g/mol. The number of rotatable bonds is 4. The van der Waals surface area contributed by atoms with E-state index in [-0.39, 0.29) is 11.8 Å². The first kappa shape index (κ1) is 19.1. The van der Waals surface area contributed by atoms with Crippen molar-refractivity contribution in [2.24, 2.45) is 0 Å². The fourth-order valence-electron chi connectivity index (χ4n) is 3.25. The third-order valence-electron chi connectivity index (χ3n) is 4.89. The number of hydrogen-bond donors (Lipinski definition) is 1. The number of halogens is 1. The Labute approximate surface area is 167 Å². The Morgan fingerprint density at radius 1 is 1.31 bits per heavy atom. The van der Waals surface area contributed by atoms with E-state index in [0.717, 1.165) is 5.82 Å². The van der Waals surface area contributed by atoms with Gasteiger partial charge < -0.3 is 19.5 Å². The SMILES string of the molecule is Cc1c(NC(=O)N(C)Cc2nnc3n2CCOCC3)cnn1-c1ccccc1F. The van der Waals surface area contributed by atoms with Gasteiger partial charge in [0.2, 0.25) is 0 Å². The lowest BCUT2D eigenvalue weighted by atomic mass is 10.3. The first-order valence-electron chi connectivity index (χ1n) is 9.35. The molecule has 1 N–H and O–H groups in total. The summed E-state index contributed by atoms with van der Waals surface area (Å²) < 4.78 is 23.0. The van der Waals surface area contributed by atoms with Crippen LogP contribution in [0.25, 0.3) is 5.69 Å². The zero-order valence-electron chi connectivity index (χ0n) is 16.3. The second-order valence-electron chi connectivity index (χ2n) is 6.84. The lowest BCUT2D eigenvalue weighted by Gasteiger charge is -2.18. The molecular weight excluding hydrogens is 377 g/mol. The molecule has 0 radical (unpaired) electrons. The van der Waals surface area contributed by atoms with Gasteiger partial charge in [-0.25, -0.2) is 13.9 Å². The van der Waals surface area contributed by atoms with Gasteiger partial charge in [0.1, 0.15) is 17.3 Å². The number of carbonyl (C=O) groups excluding carboxylic acids is 1. The summed E-state index contributed by atoms with van der Waals surface area (Å²) in [7, 11) is 1.68. The second-order valence-corrected chi connectivity index (χ2v) is 6.84. The van der Waals surface area contributed by atoms with Gasteiger partial charge in [-0.15, -0.1) is 10.2 Å². The molecule has 2 amide bonds. The highest BCUT2D eigenvalue weighted by atomic mass is 19.1. The molecule has 0 unspecified atom stereocenters. The molecule has 3 heterocycles. The van der Waals surface area contributed by atoms with Gasteiger partial charge in [-0.1, -0.05) is 12.1 Å². The molecule has 0 spiro atoms. The fourth-order valence-corrected chi connectivity index (χ4v) is 3.25. The summed E-state index contributed by atoms with van der Waals surface area (Å²) in [5.74, 6) is 1.19. The van der Waals surface area contributed by atoms with Crippen LogP contribution in [0.15, 0.2) is 30.5 Å². The Kier molecular flexibility index (Phi) is 5.26. The topological polar surface area (TPSA) is 90.1 Å². The first-order valence-corrected chi connectivity index (χ1v) is 9.35. The van der Waals surface area contributed by atoms with Crippen LogP contribution < -0.4 is 5.32 Å². The Morgan fingerprint density at radius 3 is 2.97 bits per heavy atom. The van der Waals surface area contributed by atoms with Crippen molar-refractivity contribution in [2.75, 3.05) is 25.6 Å². The van der Waals surface area contributed by atoms with Crippen molar-refractivity contribution < 1.29 is 13.9 Å². The molecule has 0 bridgehead atoms.